The van der Waals surface area contributed by atoms with E-state index in [1.54, 1.807) is 6.92 Å². The summed E-state index contributed by atoms with van der Waals surface area (Å²) in [7, 11) is 0. The van der Waals surface area contributed by atoms with Gasteiger partial charge in [-0.15, -0.1) is 0 Å². The van der Waals surface area contributed by atoms with Crippen molar-refractivity contribution >= 4 is 11.6 Å². The predicted octanol–water partition coefficient (Wildman–Crippen LogP) is 4.05. The van der Waals surface area contributed by atoms with Gasteiger partial charge in [-0.1, -0.05) is 40.0 Å². The molecular formula is C17H27FN2O. The quantitative estimate of drug-likeness (QED) is 0.588. The number of hydrogen-bond donors (Lipinski definition) is 2. The van der Waals surface area contributed by atoms with Crippen LogP contribution in [-0.4, -0.2) is 12.5 Å². The van der Waals surface area contributed by atoms with Gasteiger partial charge in [0.1, 0.15) is 5.82 Å². The van der Waals surface area contributed by atoms with Crippen LogP contribution < -0.4 is 11.1 Å². The maximum atomic E-state index is 14.0. The number of nitrogens with one attached hydrogen (secondary N) is 1. The lowest BCUT2D eigenvalue weighted by molar-refractivity contribution is 0.0930. The Labute approximate surface area is 127 Å². The number of nitrogens with two attached hydrogens (primary N) is 1. The second kappa shape index (κ2) is 7.43. The second-order valence-corrected chi connectivity index (χ2v) is 6.50. The van der Waals surface area contributed by atoms with Crippen LogP contribution >= 0.6 is 0 Å². The van der Waals surface area contributed by atoms with E-state index in [-0.39, 0.29) is 11.0 Å². The van der Waals surface area contributed by atoms with Crippen LogP contribution in [0.4, 0.5) is 10.1 Å². The van der Waals surface area contributed by atoms with Gasteiger partial charge in [0, 0.05) is 12.2 Å². The van der Waals surface area contributed by atoms with Crippen LogP contribution in [0.1, 0.15) is 62.4 Å². The van der Waals surface area contributed by atoms with E-state index in [4.69, 9.17) is 5.73 Å². The van der Waals surface area contributed by atoms with E-state index in [0.29, 0.717) is 17.8 Å². The van der Waals surface area contributed by atoms with Crippen molar-refractivity contribution in [1.29, 1.82) is 0 Å². The van der Waals surface area contributed by atoms with Crippen molar-refractivity contribution in [1.82, 2.24) is 5.32 Å². The van der Waals surface area contributed by atoms with Crippen molar-refractivity contribution in [2.24, 2.45) is 5.41 Å². The zero-order chi connectivity index (χ0) is 16.0. The molecule has 3 nitrogen and oxygen atoms in total. The third kappa shape index (κ3) is 5.37. The molecule has 0 saturated carbocycles. The molecule has 0 spiro atoms. The molecule has 1 aromatic carbocycles. The summed E-state index contributed by atoms with van der Waals surface area (Å²) in [5.74, 6) is -0.892. The third-order valence-electron chi connectivity index (χ3n) is 3.71. The van der Waals surface area contributed by atoms with E-state index >= 15 is 0 Å². The maximum absolute atomic E-state index is 14.0. The SMILES string of the molecule is CCCCCC(C)(C)CNC(=O)c1cc(N)cc(C)c1F. The smallest absolute Gasteiger partial charge is 0.254 e. The lowest BCUT2D eigenvalue weighted by atomic mass is 9.87. The fraction of sp³-hybridized carbons (Fsp3) is 0.588. The van der Waals surface area contributed by atoms with Gasteiger partial charge in [0.05, 0.1) is 5.56 Å². The number of anilines is 1. The standard InChI is InChI=1S/C17H27FN2O/c1-5-6-7-8-17(3,4)11-20-16(21)14-10-13(19)9-12(2)15(14)18/h9-10H,5-8,11,19H2,1-4H3,(H,20,21). The number of carbonyl (C=O) groups excluding carboxylic acids is 1. The number of amides is 1. The molecule has 4 heteroatoms. The van der Waals surface area contributed by atoms with Crippen LogP contribution in [-0.2, 0) is 0 Å². The van der Waals surface area contributed by atoms with Crippen LogP contribution in [0.25, 0.3) is 0 Å². The van der Waals surface area contributed by atoms with Crippen molar-refractivity contribution in [3.05, 3.63) is 29.1 Å². The molecule has 0 fully saturated rings. The number of halogens is 1. The monoisotopic (exact) mass is 294 g/mol. The number of carbonyl (C=O) groups is 1. The topological polar surface area (TPSA) is 55.1 Å². The molecule has 0 aliphatic carbocycles. The number of unbranched alkanes of at least 4 members (excludes halogenated alkanes) is 2. The van der Waals surface area contributed by atoms with Crippen molar-refractivity contribution in [3.8, 4) is 0 Å². The minimum Gasteiger partial charge on any atom is -0.399 e. The maximum Gasteiger partial charge on any atom is 0.254 e. The number of rotatable bonds is 7. The fourth-order valence-corrected chi connectivity index (χ4v) is 2.32. The van der Waals surface area contributed by atoms with Crippen LogP contribution in [0.2, 0.25) is 0 Å². The molecular weight excluding hydrogens is 267 g/mol. The van der Waals surface area contributed by atoms with E-state index in [1.165, 1.54) is 25.0 Å². The Kier molecular flexibility index (Phi) is 6.19. The molecule has 0 aliphatic heterocycles. The Morgan fingerprint density at radius 1 is 1.33 bits per heavy atom. The molecule has 3 N–H and O–H groups in total. The predicted molar refractivity (Wildman–Crippen MR) is 85.8 cm³/mol. The van der Waals surface area contributed by atoms with E-state index in [1.807, 2.05) is 0 Å². The van der Waals surface area contributed by atoms with Gasteiger partial charge in [0.15, 0.2) is 0 Å². The van der Waals surface area contributed by atoms with Gasteiger partial charge in [-0.2, -0.15) is 0 Å². The Balaban J connectivity index is 2.66. The number of nitrogen functional groups attached to an aromatic ring is 1. The Bertz CT molecular complexity index is 498. The van der Waals surface area contributed by atoms with Gasteiger partial charge in [-0.05, 0) is 36.5 Å². The lowest BCUT2D eigenvalue weighted by Crippen LogP contribution is -2.34. The number of benzene rings is 1. The van der Waals surface area contributed by atoms with E-state index < -0.39 is 11.7 Å². The van der Waals surface area contributed by atoms with Gasteiger partial charge in [-0.3, -0.25) is 4.79 Å². The molecule has 0 bridgehead atoms. The molecule has 118 valence electrons. The average Bonchev–Trinajstić information content (AvgIpc) is 2.40. The third-order valence-corrected chi connectivity index (χ3v) is 3.71. The molecule has 0 atom stereocenters. The van der Waals surface area contributed by atoms with Gasteiger partial charge in [0.2, 0.25) is 0 Å². The number of aryl methyl sites for hydroxylation is 1. The molecule has 1 rings (SSSR count). The molecule has 1 aromatic rings. The highest BCUT2D eigenvalue weighted by atomic mass is 19.1. The normalized spacial score (nSPS) is 11.5. The summed E-state index contributed by atoms with van der Waals surface area (Å²) in [5.41, 5.74) is 6.51. The minimum absolute atomic E-state index is 0.0106. The van der Waals surface area contributed by atoms with Gasteiger partial charge < -0.3 is 11.1 Å². The summed E-state index contributed by atoms with van der Waals surface area (Å²) in [6.45, 7) is 8.54. The number of hydrogen-bond acceptors (Lipinski definition) is 2. The van der Waals surface area contributed by atoms with E-state index in [0.717, 1.165) is 12.8 Å². The Hall–Kier alpha value is -1.58. The summed E-state index contributed by atoms with van der Waals surface area (Å²) in [4.78, 5) is 12.1. The summed E-state index contributed by atoms with van der Waals surface area (Å²) in [5, 5.41) is 2.83. The zero-order valence-corrected chi connectivity index (χ0v) is 13.6. The van der Waals surface area contributed by atoms with Crippen molar-refractivity contribution in [2.45, 2.75) is 53.4 Å². The Morgan fingerprint density at radius 2 is 2.00 bits per heavy atom. The second-order valence-electron chi connectivity index (χ2n) is 6.50. The molecule has 0 aliphatic rings. The summed E-state index contributed by atoms with van der Waals surface area (Å²) in [6.07, 6.45) is 4.56. The molecule has 0 aromatic heterocycles. The van der Waals surface area contributed by atoms with E-state index in [9.17, 15) is 9.18 Å². The first kappa shape index (κ1) is 17.5. The first-order valence-corrected chi connectivity index (χ1v) is 7.60. The lowest BCUT2D eigenvalue weighted by Gasteiger charge is -2.25. The molecule has 0 saturated heterocycles. The first-order valence-electron chi connectivity index (χ1n) is 7.60. The largest absolute Gasteiger partial charge is 0.399 e. The first-order chi connectivity index (χ1) is 9.76. The van der Waals surface area contributed by atoms with Crippen molar-refractivity contribution in [2.75, 3.05) is 12.3 Å². The van der Waals surface area contributed by atoms with Crippen molar-refractivity contribution in [3.63, 3.8) is 0 Å². The molecule has 21 heavy (non-hydrogen) atoms. The van der Waals surface area contributed by atoms with E-state index in [2.05, 4.69) is 26.1 Å². The highest BCUT2D eigenvalue weighted by Crippen LogP contribution is 2.23. The average molecular weight is 294 g/mol. The zero-order valence-electron chi connectivity index (χ0n) is 13.6. The van der Waals surface area contributed by atoms with Crippen LogP contribution in [0.5, 0.6) is 0 Å². The molecule has 0 radical (unpaired) electrons. The summed E-state index contributed by atoms with van der Waals surface area (Å²) < 4.78 is 14.0. The Morgan fingerprint density at radius 3 is 2.62 bits per heavy atom. The van der Waals surface area contributed by atoms with Gasteiger partial charge in [-0.25, -0.2) is 4.39 Å². The minimum atomic E-state index is -0.495. The van der Waals surface area contributed by atoms with Crippen LogP contribution in [0, 0.1) is 18.2 Å². The highest BCUT2D eigenvalue weighted by molar-refractivity contribution is 5.95. The van der Waals surface area contributed by atoms with Crippen molar-refractivity contribution < 1.29 is 9.18 Å². The van der Waals surface area contributed by atoms with Gasteiger partial charge >= 0.3 is 0 Å². The summed E-state index contributed by atoms with van der Waals surface area (Å²) >= 11 is 0. The summed E-state index contributed by atoms with van der Waals surface area (Å²) in [6, 6.07) is 2.92. The van der Waals surface area contributed by atoms with Crippen LogP contribution in [0.15, 0.2) is 12.1 Å². The molecule has 0 heterocycles. The molecule has 0 unspecified atom stereocenters. The fourth-order valence-electron chi connectivity index (χ4n) is 2.32. The highest BCUT2D eigenvalue weighted by Gasteiger charge is 2.20. The van der Waals surface area contributed by atoms with Gasteiger partial charge in [0.25, 0.3) is 5.91 Å². The van der Waals surface area contributed by atoms with Crippen LogP contribution in [0.3, 0.4) is 0 Å². The molecule has 1 amide bonds.